The largest absolute Gasteiger partial charge is 0.494 e. The molecule has 1 amide bonds. The van der Waals surface area contributed by atoms with Crippen molar-refractivity contribution in [3.05, 3.63) is 23.8 Å². The van der Waals surface area contributed by atoms with Gasteiger partial charge in [0.1, 0.15) is 5.75 Å². The Hall–Kier alpha value is -1.55. The van der Waals surface area contributed by atoms with E-state index in [0.717, 1.165) is 25.7 Å². The summed E-state index contributed by atoms with van der Waals surface area (Å²) < 4.78 is 5.44. The Morgan fingerprint density at radius 2 is 2.10 bits per heavy atom. The predicted molar refractivity (Wildman–Crippen MR) is 85.5 cm³/mol. The number of aliphatic hydroxyl groups excluding tert-OH is 1. The highest BCUT2D eigenvalue weighted by Crippen LogP contribution is 2.24. The maximum atomic E-state index is 12.3. The normalized spacial score (nSPS) is 12.0. The van der Waals surface area contributed by atoms with Gasteiger partial charge >= 0.3 is 0 Å². The molecule has 4 nitrogen and oxygen atoms in total. The van der Waals surface area contributed by atoms with Gasteiger partial charge in [0, 0.05) is 17.2 Å². The van der Waals surface area contributed by atoms with Gasteiger partial charge in [0.05, 0.1) is 13.2 Å². The third-order valence-electron chi connectivity index (χ3n) is 3.57. The standard InChI is InChI=1S/C17H27NO3/c1-4-7-8-13(5-2)17(20)18-15-9-10-16(21-6-3)14(11-15)12-19/h9-11,13,19H,4-8,12H2,1-3H3,(H,18,20). The minimum atomic E-state index is -0.105. The Labute approximate surface area is 127 Å². The van der Waals surface area contributed by atoms with E-state index in [1.54, 1.807) is 12.1 Å². The first-order valence-corrected chi connectivity index (χ1v) is 7.83. The van der Waals surface area contributed by atoms with Crippen molar-refractivity contribution < 1.29 is 14.6 Å². The fourth-order valence-electron chi connectivity index (χ4n) is 2.29. The predicted octanol–water partition coefficient (Wildman–Crippen LogP) is 3.73. The van der Waals surface area contributed by atoms with Gasteiger partial charge in [-0.15, -0.1) is 0 Å². The fourth-order valence-corrected chi connectivity index (χ4v) is 2.29. The Kier molecular flexibility index (Phi) is 7.83. The zero-order valence-corrected chi connectivity index (χ0v) is 13.3. The zero-order chi connectivity index (χ0) is 15.7. The van der Waals surface area contributed by atoms with Crippen molar-refractivity contribution in [1.82, 2.24) is 0 Å². The van der Waals surface area contributed by atoms with Gasteiger partial charge in [-0.1, -0.05) is 26.7 Å². The molecule has 0 fully saturated rings. The molecule has 0 spiro atoms. The third kappa shape index (κ3) is 5.38. The van der Waals surface area contributed by atoms with E-state index in [4.69, 9.17) is 4.74 Å². The number of nitrogens with one attached hydrogen (secondary N) is 1. The van der Waals surface area contributed by atoms with Crippen LogP contribution in [0.25, 0.3) is 0 Å². The van der Waals surface area contributed by atoms with Crippen LogP contribution in [0.3, 0.4) is 0 Å². The van der Waals surface area contributed by atoms with E-state index in [1.807, 2.05) is 19.9 Å². The van der Waals surface area contributed by atoms with Crippen molar-refractivity contribution in [1.29, 1.82) is 0 Å². The number of carbonyl (C=O) groups is 1. The molecule has 1 aromatic carbocycles. The Balaban J connectivity index is 2.75. The van der Waals surface area contributed by atoms with Gasteiger partial charge in [-0.05, 0) is 38.0 Å². The number of hydrogen-bond acceptors (Lipinski definition) is 3. The van der Waals surface area contributed by atoms with Crippen LogP contribution in [-0.2, 0) is 11.4 Å². The highest BCUT2D eigenvalue weighted by molar-refractivity contribution is 5.92. The van der Waals surface area contributed by atoms with Gasteiger partial charge < -0.3 is 15.2 Å². The van der Waals surface area contributed by atoms with Crippen molar-refractivity contribution in [2.24, 2.45) is 5.92 Å². The van der Waals surface area contributed by atoms with Gasteiger partial charge in [0.25, 0.3) is 0 Å². The third-order valence-corrected chi connectivity index (χ3v) is 3.57. The Bertz CT molecular complexity index is 446. The molecular formula is C17H27NO3. The SMILES string of the molecule is CCCCC(CC)C(=O)Nc1ccc(OCC)c(CO)c1. The van der Waals surface area contributed by atoms with Gasteiger partial charge in [-0.2, -0.15) is 0 Å². The first-order valence-electron chi connectivity index (χ1n) is 7.83. The summed E-state index contributed by atoms with van der Waals surface area (Å²) in [6.45, 7) is 6.51. The summed E-state index contributed by atoms with van der Waals surface area (Å²) in [6, 6.07) is 5.38. The molecule has 118 valence electrons. The molecule has 0 aromatic heterocycles. The summed E-state index contributed by atoms with van der Waals surface area (Å²) in [5.41, 5.74) is 1.40. The van der Waals surface area contributed by atoms with Crippen LogP contribution in [0.15, 0.2) is 18.2 Å². The minimum Gasteiger partial charge on any atom is -0.494 e. The van der Waals surface area contributed by atoms with Crippen LogP contribution in [0, 0.1) is 5.92 Å². The van der Waals surface area contributed by atoms with Gasteiger partial charge in [0.2, 0.25) is 5.91 Å². The molecule has 0 aliphatic rings. The summed E-state index contributed by atoms with van der Waals surface area (Å²) in [7, 11) is 0. The average Bonchev–Trinajstić information content (AvgIpc) is 2.49. The molecule has 1 atom stereocenters. The number of amides is 1. The molecule has 0 saturated carbocycles. The molecule has 1 unspecified atom stereocenters. The molecule has 1 rings (SSSR count). The lowest BCUT2D eigenvalue weighted by atomic mass is 9.98. The lowest BCUT2D eigenvalue weighted by Gasteiger charge is -2.16. The highest BCUT2D eigenvalue weighted by Gasteiger charge is 2.16. The van der Waals surface area contributed by atoms with Crippen LogP contribution in [0.2, 0.25) is 0 Å². The minimum absolute atomic E-state index is 0.0501. The van der Waals surface area contributed by atoms with Crippen LogP contribution < -0.4 is 10.1 Å². The van der Waals surface area contributed by atoms with Gasteiger partial charge in [-0.3, -0.25) is 4.79 Å². The molecule has 1 aromatic rings. The number of carbonyl (C=O) groups excluding carboxylic acids is 1. The van der Waals surface area contributed by atoms with Crippen LogP contribution in [0.4, 0.5) is 5.69 Å². The fraction of sp³-hybridized carbons (Fsp3) is 0.588. The van der Waals surface area contributed by atoms with E-state index in [2.05, 4.69) is 12.2 Å². The summed E-state index contributed by atoms with van der Waals surface area (Å²) in [6.07, 6.45) is 3.93. The molecule has 21 heavy (non-hydrogen) atoms. The topological polar surface area (TPSA) is 58.6 Å². The Morgan fingerprint density at radius 3 is 2.67 bits per heavy atom. The Morgan fingerprint density at radius 1 is 1.33 bits per heavy atom. The molecule has 0 saturated heterocycles. The van der Waals surface area contributed by atoms with E-state index in [1.165, 1.54) is 0 Å². The molecule has 4 heteroatoms. The second-order valence-corrected chi connectivity index (χ2v) is 5.15. The number of hydrogen-bond donors (Lipinski definition) is 2. The smallest absolute Gasteiger partial charge is 0.227 e. The van der Waals surface area contributed by atoms with Gasteiger partial charge in [-0.25, -0.2) is 0 Å². The summed E-state index contributed by atoms with van der Waals surface area (Å²) in [4.78, 5) is 12.3. The van der Waals surface area contributed by atoms with Crippen LogP contribution in [0.1, 0.15) is 52.0 Å². The van der Waals surface area contributed by atoms with Crippen LogP contribution in [0.5, 0.6) is 5.75 Å². The summed E-state index contributed by atoms with van der Waals surface area (Å²) in [5.74, 6) is 0.768. The average molecular weight is 293 g/mol. The molecule has 0 radical (unpaired) electrons. The number of unbranched alkanes of at least 4 members (excludes halogenated alkanes) is 1. The zero-order valence-electron chi connectivity index (χ0n) is 13.3. The van der Waals surface area contributed by atoms with Crippen molar-refractivity contribution in [3.63, 3.8) is 0 Å². The van der Waals surface area contributed by atoms with E-state index in [9.17, 15) is 9.90 Å². The van der Waals surface area contributed by atoms with Crippen LogP contribution >= 0.6 is 0 Å². The first kappa shape index (κ1) is 17.5. The molecule has 0 aliphatic carbocycles. The lowest BCUT2D eigenvalue weighted by molar-refractivity contribution is -0.120. The quantitative estimate of drug-likeness (QED) is 0.729. The lowest BCUT2D eigenvalue weighted by Crippen LogP contribution is -2.22. The summed E-state index contributed by atoms with van der Waals surface area (Å²) >= 11 is 0. The van der Waals surface area contributed by atoms with E-state index < -0.39 is 0 Å². The highest BCUT2D eigenvalue weighted by atomic mass is 16.5. The maximum absolute atomic E-state index is 12.3. The second-order valence-electron chi connectivity index (χ2n) is 5.15. The first-order chi connectivity index (χ1) is 10.2. The molecular weight excluding hydrogens is 266 g/mol. The molecule has 2 N–H and O–H groups in total. The van der Waals surface area contributed by atoms with Crippen LogP contribution in [-0.4, -0.2) is 17.6 Å². The molecule has 0 bridgehead atoms. The molecule has 0 aliphatic heterocycles. The monoisotopic (exact) mass is 293 g/mol. The van der Waals surface area contributed by atoms with Crippen molar-refractivity contribution in [2.45, 2.75) is 53.1 Å². The number of rotatable bonds is 9. The maximum Gasteiger partial charge on any atom is 0.227 e. The number of ether oxygens (including phenoxy) is 1. The van der Waals surface area contributed by atoms with Gasteiger partial charge in [0.15, 0.2) is 0 Å². The number of aliphatic hydroxyl groups is 1. The van der Waals surface area contributed by atoms with Crippen molar-refractivity contribution >= 4 is 11.6 Å². The summed E-state index contributed by atoms with van der Waals surface area (Å²) in [5, 5.41) is 12.3. The van der Waals surface area contributed by atoms with E-state index in [0.29, 0.717) is 23.6 Å². The van der Waals surface area contributed by atoms with E-state index in [-0.39, 0.29) is 18.4 Å². The van der Waals surface area contributed by atoms with Crippen molar-refractivity contribution in [2.75, 3.05) is 11.9 Å². The molecule has 0 heterocycles. The van der Waals surface area contributed by atoms with E-state index >= 15 is 0 Å². The number of anilines is 1. The second kappa shape index (κ2) is 9.40. The number of benzene rings is 1. The van der Waals surface area contributed by atoms with Crippen molar-refractivity contribution in [3.8, 4) is 5.75 Å².